The van der Waals surface area contributed by atoms with E-state index in [0.717, 1.165) is 5.56 Å². The molecule has 1 atom stereocenters. The van der Waals surface area contributed by atoms with Crippen LogP contribution in [0.25, 0.3) is 0 Å². The van der Waals surface area contributed by atoms with Crippen molar-refractivity contribution < 1.29 is 17.7 Å². The quantitative estimate of drug-likeness (QED) is 0.529. The molecular formula is C18H29F2N3O2S. The van der Waals surface area contributed by atoms with Crippen molar-refractivity contribution in [2.45, 2.75) is 52.5 Å². The fourth-order valence-electron chi connectivity index (χ4n) is 2.12. The molecule has 1 unspecified atom stereocenters. The van der Waals surface area contributed by atoms with Crippen molar-refractivity contribution in [1.29, 1.82) is 0 Å². The van der Waals surface area contributed by atoms with E-state index in [1.807, 2.05) is 34.6 Å². The van der Waals surface area contributed by atoms with Crippen LogP contribution < -0.4 is 15.4 Å². The fourth-order valence-corrected chi connectivity index (χ4v) is 3.02. The van der Waals surface area contributed by atoms with Crippen molar-refractivity contribution in [3.63, 3.8) is 0 Å². The maximum absolute atomic E-state index is 12.5. The highest BCUT2D eigenvalue weighted by Crippen LogP contribution is 2.22. The zero-order chi connectivity index (χ0) is 19.7. The summed E-state index contributed by atoms with van der Waals surface area (Å²) in [5, 5.41) is 6.22. The van der Waals surface area contributed by atoms with Crippen LogP contribution in [-0.2, 0) is 17.3 Å². The van der Waals surface area contributed by atoms with E-state index in [4.69, 9.17) is 0 Å². The first-order valence-corrected chi connectivity index (χ1v) is 9.90. The van der Waals surface area contributed by atoms with Crippen molar-refractivity contribution in [2.24, 2.45) is 4.99 Å². The van der Waals surface area contributed by atoms with E-state index in [-0.39, 0.29) is 17.0 Å². The third-order valence-corrected chi connectivity index (χ3v) is 5.39. The summed E-state index contributed by atoms with van der Waals surface area (Å²) in [6.45, 7) is 8.10. The molecule has 1 aromatic rings. The Kier molecular flexibility index (Phi) is 8.98. The molecule has 0 saturated carbocycles. The Bertz CT molecular complexity index is 631. The average Bonchev–Trinajstić information content (AvgIpc) is 2.53. The minimum atomic E-state index is -2.88. The van der Waals surface area contributed by atoms with Gasteiger partial charge in [-0.2, -0.15) is 8.78 Å². The number of hydrogen-bond acceptors (Lipinski definition) is 3. The molecule has 0 aliphatic carbocycles. The summed E-state index contributed by atoms with van der Waals surface area (Å²) in [5.41, 5.74) is 1.52. The molecule has 0 amide bonds. The summed E-state index contributed by atoms with van der Waals surface area (Å²) >= 11 is 0. The van der Waals surface area contributed by atoms with Gasteiger partial charge in [-0.15, -0.1) is 0 Å². The van der Waals surface area contributed by atoms with Gasteiger partial charge in [-0.1, -0.05) is 17.7 Å². The molecule has 0 saturated heterocycles. The molecule has 2 N–H and O–H groups in total. The van der Waals surface area contributed by atoms with Gasteiger partial charge >= 0.3 is 6.61 Å². The number of nitrogens with zero attached hydrogens (tertiary/aromatic N) is 1. The topological polar surface area (TPSA) is 62.7 Å². The molecule has 0 heterocycles. The number of rotatable bonds is 8. The van der Waals surface area contributed by atoms with Crippen molar-refractivity contribution in [2.75, 3.05) is 18.8 Å². The molecule has 0 fully saturated rings. The summed E-state index contributed by atoms with van der Waals surface area (Å²) in [6, 6.07) is 5.02. The zero-order valence-corrected chi connectivity index (χ0v) is 16.9. The Labute approximate surface area is 157 Å². The molecule has 0 aliphatic rings. The average molecular weight is 390 g/mol. The lowest BCUT2D eigenvalue weighted by atomic mass is 10.1. The monoisotopic (exact) mass is 389 g/mol. The number of aliphatic imine (C=N–C) groups is 1. The molecule has 0 bridgehead atoms. The van der Waals surface area contributed by atoms with Gasteiger partial charge in [-0.3, -0.25) is 4.21 Å². The Morgan fingerprint density at radius 2 is 2.00 bits per heavy atom. The summed E-state index contributed by atoms with van der Waals surface area (Å²) in [6.07, 6.45) is 0. The Hall–Kier alpha value is -1.70. The van der Waals surface area contributed by atoms with E-state index < -0.39 is 17.4 Å². The summed E-state index contributed by atoms with van der Waals surface area (Å²) in [5.74, 6) is 1.17. The van der Waals surface area contributed by atoms with Gasteiger partial charge in [-0.25, -0.2) is 4.99 Å². The van der Waals surface area contributed by atoms with Gasteiger partial charge < -0.3 is 15.4 Å². The first kappa shape index (κ1) is 22.3. The Morgan fingerprint density at radius 1 is 1.31 bits per heavy atom. The van der Waals surface area contributed by atoms with Crippen molar-refractivity contribution >= 4 is 16.8 Å². The molecule has 1 rings (SSSR count). The third-order valence-electron chi connectivity index (χ3n) is 3.45. The van der Waals surface area contributed by atoms with Crippen molar-refractivity contribution in [3.8, 4) is 5.75 Å². The van der Waals surface area contributed by atoms with E-state index in [1.54, 1.807) is 12.1 Å². The number of guanidine groups is 1. The number of hydrogen-bond donors (Lipinski definition) is 2. The minimum absolute atomic E-state index is 0.124. The second kappa shape index (κ2) is 10.4. The van der Waals surface area contributed by atoms with Crippen LogP contribution in [0.4, 0.5) is 8.78 Å². The standard InChI is InChI=1S/C18H29F2N3O2S/c1-6-21-17(22-9-10-26(24)18(3,4)5)23-12-14-11-13(2)7-8-15(14)25-16(19)20/h7-8,11,16H,6,9-10,12H2,1-5H3,(H2,21,22,23). The van der Waals surface area contributed by atoms with Crippen molar-refractivity contribution in [3.05, 3.63) is 29.3 Å². The lowest BCUT2D eigenvalue weighted by Crippen LogP contribution is -2.40. The van der Waals surface area contributed by atoms with Gasteiger partial charge in [0.15, 0.2) is 5.96 Å². The summed E-state index contributed by atoms with van der Waals surface area (Å²) in [7, 11) is -0.960. The number of aryl methyl sites for hydroxylation is 1. The van der Waals surface area contributed by atoms with Crippen LogP contribution in [0.1, 0.15) is 38.8 Å². The van der Waals surface area contributed by atoms with Gasteiger partial charge in [0, 0.05) is 40.0 Å². The van der Waals surface area contributed by atoms with E-state index >= 15 is 0 Å². The summed E-state index contributed by atoms with van der Waals surface area (Å²) < 4.78 is 41.5. The maximum Gasteiger partial charge on any atom is 0.387 e. The normalized spacial score (nSPS) is 13.6. The van der Waals surface area contributed by atoms with Gasteiger partial charge in [0.25, 0.3) is 0 Å². The molecule has 8 heteroatoms. The van der Waals surface area contributed by atoms with Crippen LogP contribution in [0.3, 0.4) is 0 Å². The van der Waals surface area contributed by atoms with E-state index in [2.05, 4.69) is 20.4 Å². The number of halogens is 2. The van der Waals surface area contributed by atoms with Gasteiger partial charge in [0.1, 0.15) is 5.75 Å². The van der Waals surface area contributed by atoms with Gasteiger partial charge in [0.2, 0.25) is 0 Å². The SMILES string of the molecule is CCNC(=NCc1cc(C)ccc1OC(F)F)NCCS(=O)C(C)(C)C. The van der Waals surface area contributed by atoms with E-state index in [0.29, 0.717) is 30.4 Å². The molecule has 148 valence electrons. The van der Waals surface area contributed by atoms with Gasteiger partial charge in [0.05, 0.1) is 6.54 Å². The second-order valence-electron chi connectivity index (χ2n) is 6.77. The number of ether oxygens (including phenoxy) is 1. The predicted molar refractivity (Wildman–Crippen MR) is 103 cm³/mol. The lowest BCUT2D eigenvalue weighted by Gasteiger charge is -2.18. The van der Waals surface area contributed by atoms with Crippen LogP contribution in [0, 0.1) is 6.92 Å². The fraction of sp³-hybridized carbons (Fsp3) is 0.611. The molecule has 0 spiro atoms. The van der Waals surface area contributed by atoms with Crippen LogP contribution in [0.15, 0.2) is 23.2 Å². The van der Waals surface area contributed by atoms with E-state index in [1.165, 1.54) is 6.07 Å². The van der Waals surface area contributed by atoms with Crippen molar-refractivity contribution in [1.82, 2.24) is 10.6 Å². The molecule has 0 aliphatic heterocycles. The highest BCUT2D eigenvalue weighted by molar-refractivity contribution is 7.86. The molecule has 1 aromatic carbocycles. The maximum atomic E-state index is 12.5. The first-order chi connectivity index (χ1) is 12.1. The van der Waals surface area contributed by atoms with Crippen LogP contribution in [-0.4, -0.2) is 40.4 Å². The van der Waals surface area contributed by atoms with E-state index in [9.17, 15) is 13.0 Å². The largest absolute Gasteiger partial charge is 0.434 e. The molecular weight excluding hydrogens is 360 g/mol. The van der Waals surface area contributed by atoms with Crippen LogP contribution in [0.2, 0.25) is 0 Å². The Morgan fingerprint density at radius 3 is 2.58 bits per heavy atom. The smallest absolute Gasteiger partial charge is 0.387 e. The third kappa shape index (κ3) is 8.12. The van der Waals surface area contributed by atoms with Crippen LogP contribution >= 0.6 is 0 Å². The number of alkyl halides is 2. The highest BCUT2D eigenvalue weighted by atomic mass is 32.2. The highest BCUT2D eigenvalue weighted by Gasteiger charge is 2.18. The molecule has 0 aromatic heterocycles. The summed E-state index contributed by atoms with van der Waals surface area (Å²) in [4.78, 5) is 4.42. The molecule has 0 radical (unpaired) electrons. The Balaban J connectivity index is 2.77. The lowest BCUT2D eigenvalue weighted by molar-refractivity contribution is -0.0504. The van der Waals surface area contributed by atoms with Gasteiger partial charge in [-0.05, 0) is 40.7 Å². The van der Waals surface area contributed by atoms with Crippen LogP contribution in [0.5, 0.6) is 5.75 Å². The number of benzene rings is 1. The first-order valence-electron chi connectivity index (χ1n) is 8.58. The molecule has 26 heavy (non-hydrogen) atoms. The predicted octanol–water partition coefficient (Wildman–Crippen LogP) is 3.20. The minimum Gasteiger partial charge on any atom is -0.434 e. The zero-order valence-electron chi connectivity index (χ0n) is 16.1. The second-order valence-corrected chi connectivity index (χ2v) is 9.10. The number of nitrogens with one attached hydrogen (secondary N) is 2. The molecule has 5 nitrogen and oxygen atoms in total.